The molecule has 0 saturated carbocycles. The Bertz CT molecular complexity index is 1070. The number of anilines is 1. The minimum Gasteiger partial charge on any atom is -0.370 e. The highest BCUT2D eigenvalue weighted by molar-refractivity contribution is 9.10. The fourth-order valence-electron chi connectivity index (χ4n) is 2.79. The number of amides is 1. The molecule has 3 aromatic rings. The van der Waals surface area contributed by atoms with Crippen LogP contribution in [0.15, 0.2) is 59.2 Å². The fraction of sp³-hybridized carbons (Fsp3) is 0.273. The largest absolute Gasteiger partial charge is 0.370 e. The Kier molecular flexibility index (Phi) is 7.68. The molecule has 1 aromatic heterocycles. The first-order valence-corrected chi connectivity index (χ1v) is 10.4. The Hall–Kier alpha value is -2.72. The first-order valence-electron chi connectivity index (χ1n) is 9.56. The Morgan fingerprint density at radius 3 is 2.59 bits per heavy atom. The third-order valence-corrected chi connectivity index (χ3v) is 5.07. The Morgan fingerprint density at radius 2 is 1.91 bits per heavy atom. The Balaban J connectivity index is 1.61. The van der Waals surface area contributed by atoms with Crippen molar-refractivity contribution in [3.05, 3.63) is 81.5 Å². The summed E-state index contributed by atoms with van der Waals surface area (Å²) in [7, 11) is 0. The van der Waals surface area contributed by atoms with Crippen molar-refractivity contribution in [3.63, 3.8) is 0 Å². The molecule has 3 rings (SSSR count). The van der Waals surface area contributed by atoms with Gasteiger partial charge < -0.3 is 10.1 Å². The highest BCUT2D eigenvalue weighted by atomic mass is 79.9. The number of carbonyl (C=O) groups excluding carboxylic acids is 1. The molecular formula is C22H20BrF4N3O2. The van der Waals surface area contributed by atoms with Crippen molar-refractivity contribution < 1.29 is 27.1 Å². The van der Waals surface area contributed by atoms with E-state index in [2.05, 4.69) is 26.3 Å². The average Bonchev–Trinajstić information content (AvgIpc) is 3.08. The zero-order chi connectivity index (χ0) is 23.3. The highest BCUT2D eigenvalue weighted by Crippen LogP contribution is 2.24. The molecule has 5 nitrogen and oxygen atoms in total. The van der Waals surface area contributed by atoms with Gasteiger partial charge >= 0.3 is 12.3 Å². The van der Waals surface area contributed by atoms with E-state index in [1.54, 1.807) is 23.0 Å². The molecule has 0 bridgehead atoms. The van der Waals surface area contributed by atoms with Gasteiger partial charge in [-0.25, -0.2) is 8.78 Å². The second-order valence-electron chi connectivity index (χ2n) is 7.22. The number of aromatic nitrogens is 2. The topological polar surface area (TPSA) is 56.2 Å². The molecule has 1 N–H and O–H groups in total. The third-order valence-electron chi connectivity index (χ3n) is 4.49. The quantitative estimate of drug-likeness (QED) is 0.375. The lowest BCUT2D eigenvalue weighted by molar-refractivity contribution is -0.168. The van der Waals surface area contributed by atoms with Crippen molar-refractivity contribution in [3.8, 4) is 0 Å². The summed E-state index contributed by atoms with van der Waals surface area (Å²) >= 11 is 3.37. The van der Waals surface area contributed by atoms with E-state index in [1.165, 1.54) is 12.1 Å². The van der Waals surface area contributed by atoms with Crippen LogP contribution in [-0.4, -0.2) is 34.6 Å². The van der Waals surface area contributed by atoms with Crippen molar-refractivity contribution >= 4 is 27.7 Å². The minimum absolute atomic E-state index is 0.242. The van der Waals surface area contributed by atoms with Gasteiger partial charge in [0, 0.05) is 11.8 Å². The van der Waals surface area contributed by atoms with Crippen LogP contribution in [0.1, 0.15) is 27.0 Å². The van der Waals surface area contributed by atoms with E-state index in [-0.39, 0.29) is 12.2 Å². The molecule has 0 unspecified atom stereocenters. The molecule has 0 spiro atoms. The SMILES string of the molecule is Cc1ccc(Cn2cc(Br)c(NC(=O)c3cccc(COCC(F)(F)C(F)F)c3)n2)cc1. The van der Waals surface area contributed by atoms with Crippen LogP contribution in [0.2, 0.25) is 0 Å². The first kappa shape index (κ1) is 23.9. The van der Waals surface area contributed by atoms with Gasteiger partial charge in [-0.15, -0.1) is 0 Å². The van der Waals surface area contributed by atoms with Crippen molar-refractivity contribution in [2.45, 2.75) is 32.4 Å². The van der Waals surface area contributed by atoms with Gasteiger partial charge in [-0.1, -0.05) is 42.0 Å². The summed E-state index contributed by atoms with van der Waals surface area (Å²) in [4.78, 5) is 12.6. The minimum atomic E-state index is -4.22. The lowest BCUT2D eigenvalue weighted by atomic mass is 10.1. The van der Waals surface area contributed by atoms with Crippen molar-refractivity contribution in [2.75, 3.05) is 11.9 Å². The summed E-state index contributed by atoms with van der Waals surface area (Å²) in [5.41, 5.74) is 2.84. The van der Waals surface area contributed by atoms with E-state index in [4.69, 9.17) is 4.74 Å². The molecule has 0 aliphatic carbocycles. The summed E-state index contributed by atoms with van der Waals surface area (Å²) in [6, 6.07) is 14.1. The lowest BCUT2D eigenvalue weighted by Gasteiger charge is -2.15. The molecule has 1 amide bonds. The zero-order valence-electron chi connectivity index (χ0n) is 17.0. The molecule has 0 aliphatic rings. The van der Waals surface area contributed by atoms with Crippen molar-refractivity contribution in [2.24, 2.45) is 0 Å². The van der Waals surface area contributed by atoms with Gasteiger partial charge in [-0.3, -0.25) is 9.48 Å². The van der Waals surface area contributed by atoms with Gasteiger partial charge in [-0.05, 0) is 46.1 Å². The summed E-state index contributed by atoms with van der Waals surface area (Å²) in [5.74, 6) is -4.37. The van der Waals surface area contributed by atoms with Gasteiger partial charge in [0.15, 0.2) is 5.82 Å². The summed E-state index contributed by atoms with van der Waals surface area (Å²) in [5, 5.41) is 7.05. The van der Waals surface area contributed by atoms with Crippen LogP contribution >= 0.6 is 15.9 Å². The Morgan fingerprint density at radius 1 is 1.19 bits per heavy atom. The standard InChI is InChI=1S/C22H20BrF4N3O2/c1-14-5-7-15(8-6-14)10-30-11-18(23)19(29-30)28-20(31)17-4-2-3-16(9-17)12-32-13-22(26,27)21(24)25/h2-9,11,21H,10,12-13H2,1H3,(H,28,29,31). The van der Waals surface area contributed by atoms with Crippen LogP contribution in [0.5, 0.6) is 0 Å². The number of benzene rings is 2. The molecule has 0 atom stereocenters. The maximum Gasteiger partial charge on any atom is 0.330 e. The summed E-state index contributed by atoms with van der Waals surface area (Å²) < 4.78 is 57.2. The van der Waals surface area contributed by atoms with E-state index < -0.39 is 24.9 Å². The number of hydrogen-bond acceptors (Lipinski definition) is 3. The van der Waals surface area contributed by atoms with Crippen molar-refractivity contribution in [1.82, 2.24) is 9.78 Å². The molecule has 0 radical (unpaired) electrons. The number of aryl methyl sites for hydroxylation is 1. The second kappa shape index (κ2) is 10.3. The molecule has 2 aromatic carbocycles. The second-order valence-corrected chi connectivity index (χ2v) is 8.07. The van der Waals surface area contributed by atoms with Crippen molar-refractivity contribution in [1.29, 1.82) is 0 Å². The monoisotopic (exact) mass is 513 g/mol. The van der Waals surface area contributed by atoms with E-state index in [1.807, 2.05) is 31.2 Å². The Labute approximate surface area is 190 Å². The van der Waals surface area contributed by atoms with Gasteiger partial charge in [0.25, 0.3) is 5.91 Å². The van der Waals surface area contributed by atoms with Crippen LogP contribution in [0.3, 0.4) is 0 Å². The number of ether oxygens (including phenoxy) is 1. The number of nitrogens with one attached hydrogen (secondary N) is 1. The van der Waals surface area contributed by atoms with Crippen LogP contribution in [0, 0.1) is 6.92 Å². The predicted octanol–water partition coefficient (Wildman–Crippen LogP) is 5.67. The molecule has 0 aliphatic heterocycles. The molecule has 170 valence electrons. The maximum absolute atomic E-state index is 12.9. The number of hydrogen-bond donors (Lipinski definition) is 1. The summed E-state index contributed by atoms with van der Waals surface area (Å²) in [6.45, 7) is 0.775. The lowest BCUT2D eigenvalue weighted by Crippen LogP contribution is -2.32. The third kappa shape index (κ3) is 6.39. The van der Waals surface area contributed by atoms with E-state index in [0.29, 0.717) is 22.4 Å². The van der Waals surface area contributed by atoms with Crippen LogP contribution in [0.4, 0.5) is 23.4 Å². The van der Waals surface area contributed by atoms with E-state index in [0.717, 1.165) is 11.1 Å². The number of alkyl halides is 4. The van der Waals surface area contributed by atoms with Crippen LogP contribution < -0.4 is 5.32 Å². The number of rotatable bonds is 9. The normalized spacial score (nSPS) is 11.7. The van der Waals surface area contributed by atoms with Gasteiger partial charge in [0.05, 0.1) is 17.6 Å². The predicted molar refractivity (Wildman–Crippen MR) is 115 cm³/mol. The van der Waals surface area contributed by atoms with Gasteiger partial charge in [0.1, 0.15) is 6.61 Å². The molecule has 0 fully saturated rings. The number of halogens is 5. The van der Waals surface area contributed by atoms with Crippen LogP contribution in [-0.2, 0) is 17.9 Å². The van der Waals surface area contributed by atoms with E-state index in [9.17, 15) is 22.4 Å². The molecule has 1 heterocycles. The zero-order valence-corrected chi connectivity index (χ0v) is 18.6. The molecule has 32 heavy (non-hydrogen) atoms. The van der Waals surface area contributed by atoms with Gasteiger partial charge in [-0.2, -0.15) is 13.9 Å². The smallest absolute Gasteiger partial charge is 0.330 e. The first-order chi connectivity index (χ1) is 15.1. The molecule has 10 heteroatoms. The van der Waals surface area contributed by atoms with Crippen LogP contribution in [0.25, 0.3) is 0 Å². The molecule has 0 saturated heterocycles. The summed E-state index contributed by atoms with van der Waals surface area (Å²) in [6.07, 6.45) is -2.06. The number of carbonyl (C=O) groups is 1. The number of nitrogens with zero attached hydrogens (tertiary/aromatic N) is 2. The fourth-order valence-corrected chi connectivity index (χ4v) is 3.21. The highest BCUT2D eigenvalue weighted by Gasteiger charge is 2.40. The van der Waals surface area contributed by atoms with Gasteiger partial charge in [0.2, 0.25) is 0 Å². The maximum atomic E-state index is 12.9. The average molecular weight is 514 g/mol. The molecular weight excluding hydrogens is 494 g/mol. The van der Waals surface area contributed by atoms with E-state index >= 15 is 0 Å².